The maximum atomic E-state index is 11.5. The van der Waals surface area contributed by atoms with Gasteiger partial charge in [0.25, 0.3) is 0 Å². The Morgan fingerprint density at radius 3 is 2.00 bits per heavy atom. The second-order valence-electron chi connectivity index (χ2n) is 6.30. The van der Waals surface area contributed by atoms with Crippen molar-refractivity contribution in [2.75, 3.05) is 13.2 Å². The molecule has 7 heteroatoms. The first-order valence-electron chi connectivity index (χ1n) is 9.33. The molecule has 0 bridgehead atoms. The summed E-state index contributed by atoms with van der Waals surface area (Å²) in [6.07, 6.45) is 14.3. The van der Waals surface area contributed by atoms with Crippen LogP contribution in [0.2, 0.25) is 0 Å². The van der Waals surface area contributed by atoms with Crippen molar-refractivity contribution >= 4 is 10.4 Å². The SMILES string of the molecule is CCCCCCCCCCCCCOS(=O)(=O)OC1CCCO1.[H-].[Na+]. The van der Waals surface area contributed by atoms with Gasteiger partial charge in [-0.2, -0.15) is 8.42 Å². The molecule has 1 rings (SSSR count). The monoisotopic (exact) mass is 374 g/mol. The third-order valence-electron chi connectivity index (χ3n) is 4.09. The summed E-state index contributed by atoms with van der Waals surface area (Å²) >= 11 is 0. The normalized spacial score (nSPS) is 17.8. The molecule has 0 spiro atoms. The van der Waals surface area contributed by atoms with Gasteiger partial charge in [0.1, 0.15) is 0 Å². The van der Waals surface area contributed by atoms with Gasteiger partial charge in [-0.05, 0) is 12.8 Å². The Labute approximate surface area is 172 Å². The van der Waals surface area contributed by atoms with E-state index < -0.39 is 16.7 Å². The Morgan fingerprint density at radius 1 is 0.958 bits per heavy atom. The fourth-order valence-corrected chi connectivity index (χ4v) is 3.50. The molecule has 0 aromatic rings. The van der Waals surface area contributed by atoms with Crippen LogP contribution in [0.15, 0.2) is 0 Å². The molecule has 0 amide bonds. The van der Waals surface area contributed by atoms with Crippen molar-refractivity contribution in [3.8, 4) is 0 Å². The zero-order valence-electron chi connectivity index (χ0n) is 16.6. The Hall–Kier alpha value is 0.830. The standard InChI is InChI=1S/C17H34O5S.Na.H/c1-2-3-4-5-6-7-8-9-10-11-12-16-21-23(18,19)22-17-14-13-15-20-17;;/h17H,2-16H2,1H3;;/q;+1;-1. The maximum Gasteiger partial charge on any atom is 1.00 e. The summed E-state index contributed by atoms with van der Waals surface area (Å²) in [4.78, 5) is 0. The molecular weight excluding hydrogens is 339 g/mol. The van der Waals surface area contributed by atoms with E-state index in [2.05, 4.69) is 6.92 Å². The van der Waals surface area contributed by atoms with Crippen LogP contribution >= 0.6 is 0 Å². The molecule has 0 radical (unpaired) electrons. The van der Waals surface area contributed by atoms with Crippen LogP contribution in [0.3, 0.4) is 0 Å². The molecule has 0 aliphatic carbocycles. The summed E-state index contributed by atoms with van der Waals surface area (Å²) < 4.78 is 37.9. The molecule has 0 aromatic carbocycles. The van der Waals surface area contributed by atoms with Gasteiger partial charge in [0.2, 0.25) is 0 Å². The second kappa shape index (κ2) is 16.0. The maximum absolute atomic E-state index is 11.5. The van der Waals surface area contributed by atoms with Gasteiger partial charge in [0.05, 0.1) is 6.61 Å². The van der Waals surface area contributed by atoms with Crippen molar-refractivity contribution in [3.05, 3.63) is 0 Å². The van der Waals surface area contributed by atoms with E-state index in [-0.39, 0.29) is 37.6 Å². The van der Waals surface area contributed by atoms with E-state index in [1.807, 2.05) is 0 Å². The molecule has 1 aliphatic rings. The predicted molar refractivity (Wildman–Crippen MR) is 92.5 cm³/mol. The van der Waals surface area contributed by atoms with Crippen LogP contribution in [0, 0.1) is 0 Å². The molecule has 140 valence electrons. The molecule has 0 aromatic heterocycles. The minimum absolute atomic E-state index is 0. The van der Waals surface area contributed by atoms with E-state index in [4.69, 9.17) is 13.1 Å². The van der Waals surface area contributed by atoms with Crippen molar-refractivity contribution in [2.45, 2.75) is 96.7 Å². The van der Waals surface area contributed by atoms with Crippen LogP contribution in [0.25, 0.3) is 0 Å². The Morgan fingerprint density at radius 2 is 1.50 bits per heavy atom. The van der Waals surface area contributed by atoms with Gasteiger partial charge >= 0.3 is 40.0 Å². The molecule has 0 N–H and O–H groups in total. The summed E-state index contributed by atoms with van der Waals surface area (Å²) in [6, 6.07) is 0. The largest absolute Gasteiger partial charge is 1.00 e. The number of unbranched alkanes of at least 4 members (excludes halogenated alkanes) is 10. The van der Waals surface area contributed by atoms with E-state index in [1.165, 1.54) is 51.4 Å². The zero-order valence-corrected chi connectivity index (χ0v) is 18.4. The molecule has 1 aliphatic heterocycles. The van der Waals surface area contributed by atoms with Gasteiger partial charge in [-0.1, -0.05) is 71.1 Å². The quantitative estimate of drug-likeness (QED) is 0.323. The smallest absolute Gasteiger partial charge is 1.00 e. The van der Waals surface area contributed by atoms with Crippen LogP contribution in [0.1, 0.15) is 91.8 Å². The molecule has 0 saturated carbocycles. The van der Waals surface area contributed by atoms with Crippen LogP contribution in [-0.4, -0.2) is 27.9 Å². The van der Waals surface area contributed by atoms with Crippen molar-refractivity contribution in [3.63, 3.8) is 0 Å². The van der Waals surface area contributed by atoms with Gasteiger partial charge in [0, 0.05) is 13.0 Å². The van der Waals surface area contributed by atoms with Crippen LogP contribution in [-0.2, 0) is 23.5 Å². The molecule has 1 saturated heterocycles. The molecule has 1 fully saturated rings. The van der Waals surface area contributed by atoms with Gasteiger partial charge in [-0.25, -0.2) is 8.37 Å². The van der Waals surface area contributed by atoms with Crippen molar-refractivity contribution < 1.29 is 52.5 Å². The average Bonchev–Trinajstić information content (AvgIpc) is 3.00. The number of ether oxygens (including phenoxy) is 1. The Kier molecular flexibility index (Phi) is 16.6. The summed E-state index contributed by atoms with van der Waals surface area (Å²) in [5.41, 5.74) is 0. The number of hydrogen-bond acceptors (Lipinski definition) is 5. The summed E-state index contributed by atoms with van der Waals surface area (Å²) in [5.74, 6) is 0. The predicted octanol–water partition coefficient (Wildman–Crippen LogP) is 1.83. The minimum atomic E-state index is -3.90. The second-order valence-corrected chi connectivity index (χ2v) is 7.55. The Balaban J connectivity index is 0. The summed E-state index contributed by atoms with van der Waals surface area (Å²) in [6.45, 7) is 2.99. The van der Waals surface area contributed by atoms with E-state index in [1.54, 1.807) is 0 Å². The fourth-order valence-electron chi connectivity index (χ4n) is 2.71. The fraction of sp³-hybridized carbons (Fsp3) is 1.00. The van der Waals surface area contributed by atoms with Gasteiger partial charge in [-0.15, -0.1) is 0 Å². The van der Waals surface area contributed by atoms with E-state index in [9.17, 15) is 8.42 Å². The third-order valence-corrected chi connectivity index (χ3v) is 4.99. The van der Waals surface area contributed by atoms with E-state index >= 15 is 0 Å². The van der Waals surface area contributed by atoms with Crippen LogP contribution in [0.4, 0.5) is 0 Å². The topological polar surface area (TPSA) is 61.8 Å². The van der Waals surface area contributed by atoms with Crippen molar-refractivity contribution in [1.29, 1.82) is 0 Å². The molecular formula is C17H35NaO5S. The van der Waals surface area contributed by atoms with Gasteiger partial charge in [0.15, 0.2) is 6.29 Å². The van der Waals surface area contributed by atoms with Crippen molar-refractivity contribution in [1.82, 2.24) is 0 Å². The first-order chi connectivity index (χ1) is 11.1. The van der Waals surface area contributed by atoms with Crippen LogP contribution < -0.4 is 29.6 Å². The van der Waals surface area contributed by atoms with E-state index in [0.29, 0.717) is 13.0 Å². The number of rotatable bonds is 15. The first-order valence-corrected chi connectivity index (χ1v) is 10.7. The number of hydrogen-bond donors (Lipinski definition) is 0. The molecule has 1 unspecified atom stereocenters. The molecule has 24 heavy (non-hydrogen) atoms. The minimum Gasteiger partial charge on any atom is -1.00 e. The summed E-state index contributed by atoms with van der Waals surface area (Å²) in [7, 11) is -3.90. The molecule has 1 atom stereocenters. The van der Waals surface area contributed by atoms with Crippen molar-refractivity contribution in [2.24, 2.45) is 0 Å². The Bertz CT molecular complexity index is 375. The van der Waals surface area contributed by atoms with Gasteiger partial charge in [-0.3, -0.25) is 0 Å². The molecule has 1 heterocycles. The van der Waals surface area contributed by atoms with Crippen LogP contribution in [0.5, 0.6) is 0 Å². The molecule has 5 nitrogen and oxygen atoms in total. The average molecular weight is 375 g/mol. The van der Waals surface area contributed by atoms with Gasteiger partial charge < -0.3 is 6.16 Å². The van der Waals surface area contributed by atoms with E-state index in [0.717, 1.165) is 25.7 Å². The zero-order chi connectivity index (χ0) is 16.8. The first kappa shape index (κ1) is 24.8. The third kappa shape index (κ3) is 14.0. The summed E-state index contributed by atoms with van der Waals surface area (Å²) in [5, 5.41) is 0.